The number of aliphatic hydroxyl groups excluding tert-OH is 1. The molecular weight excluding hydrogens is 290 g/mol. The van der Waals surface area contributed by atoms with Crippen molar-refractivity contribution in [3.05, 3.63) is 21.4 Å². The molecule has 0 aromatic carbocycles. The lowest BCUT2D eigenvalue weighted by atomic mass is 10.1. The molecule has 0 bridgehead atoms. The van der Waals surface area contributed by atoms with Crippen LogP contribution in [-0.4, -0.2) is 45.7 Å². The van der Waals surface area contributed by atoms with Crippen molar-refractivity contribution in [3.63, 3.8) is 0 Å². The van der Waals surface area contributed by atoms with Crippen molar-refractivity contribution in [2.45, 2.75) is 51.7 Å². The van der Waals surface area contributed by atoms with Gasteiger partial charge in [0, 0.05) is 17.8 Å². The van der Waals surface area contributed by atoms with E-state index in [9.17, 15) is 19.8 Å². The van der Waals surface area contributed by atoms with E-state index in [1.807, 2.05) is 6.07 Å². The minimum absolute atomic E-state index is 0.0955. The lowest BCUT2D eigenvalue weighted by Gasteiger charge is -2.20. The average molecular weight is 311 g/mol. The fourth-order valence-electron chi connectivity index (χ4n) is 2.72. The number of β-amino-alcohol motifs (C(OH)–C–C–N with tert-alkyl or cyclic N) is 1. The van der Waals surface area contributed by atoms with Crippen LogP contribution in [0.4, 0.5) is 0 Å². The summed E-state index contributed by atoms with van der Waals surface area (Å²) in [5.41, 5.74) is 1.16. The van der Waals surface area contributed by atoms with Crippen LogP contribution in [0.2, 0.25) is 0 Å². The van der Waals surface area contributed by atoms with Gasteiger partial charge in [0.25, 0.3) is 5.91 Å². The van der Waals surface area contributed by atoms with Gasteiger partial charge >= 0.3 is 5.97 Å². The summed E-state index contributed by atoms with van der Waals surface area (Å²) in [6.07, 6.45) is 2.17. The Balaban J connectivity index is 2.25. The Kier molecular flexibility index (Phi) is 5.00. The molecule has 0 radical (unpaired) electrons. The molecular formula is C15H21NO4S. The van der Waals surface area contributed by atoms with E-state index >= 15 is 0 Å². The molecule has 0 saturated carbocycles. The zero-order valence-corrected chi connectivity index (χ0v) is 13.2. The Morgan fingerprint density at radius 1 is 1.43 bits per heavy atom. The maximum absolute atomic E-state index is 12.6. The van der Waals surface area contributed by atoms with E-state index in [-0.39, 0.29) is 18.9 Å². The topological polar surface area (TPSA) is 77.8 Å². The molecule has 2 N–H and O–H groups in total. The minimum atomic E-state index is -1.05. The minimum Gasteiger partial charge on any atom is -0.480 e. The molecule has 0 spiro atoms. The van der Waals surface area contributed by atoms with Gasteiger partial charge in [-0.15, -0.1) is 11.3 Å². The van der Waals surface area contributed by atoms with Crippen molar-refractivity contribution in [2.75, 3.05) is 6.54 Å². The number of hydrogen-bond acceptors (Lipinski definition) is 4. The molecule has 1 aliphatic rings. The number of thiophene rings is 1. The fraction of sp³-hybridized carbons (Fsp3) is 0.600. The third-order valence-electron chi connectivity index (χ3n) is 3.79. The summed E-state index contributed by atoms with van der Waals surface area (Å²) in [6, 6.07) is 0.955. The first-order valence-electron chi connectivity index (χ1n) is 7.31. The molecule has 0 aliphatic carbocycles. The monoisotopic (exact) mass is 311 g/mol. The summed E-state index contributed by atoms with van der Waals surface area (Å²) < 4.78 is 0. The number of rotatable bonds is 5. The molecule has 1 fully saturated rings. The smallest absolute Gasteiger partial charge is 0.326 e. The van der Waals surface area contributed by atoms with Crippen LogP contribution in [0.15, 0.2) is 6.07 Å². The quantitative estimate of drug-likeness (QED) is 0.871. The molecule has 2 unspecified atom stereocenters. The van der Waals surface area contributed by atoms with Gasteiger partial charge in [-0.1, -0.05) is 20.3 Å². The zero-order chi connectivity index (χ0) is 15.6. The summed E-state index contributed by atoms with van der Waals surface area (Å²) in [5, 5.41) is 18.8. The SMILES string of the molecule is CCCc1sc(C(=O)N2CC(O)CC2C(=O)O)cc1CC. The summed E-state index contributed by atoms with van der Waals surface area (Å²) in [7, 11) is 0. The fourth-order valence-corrected chi connectivity index (χ4v) is 4.04. The highest BCUT2D eigenvalue weighted by Gasteiger charge is 2.39. The van der Waals surface area contributed by atoms with E-state index in [1.165, 1.54) is 21.1 Å². The van der Waals surface area contributed by atoms with Crippen LogP contribution < -0.4 is 0 Å². The highest BCUT2D eigenvalue weighted by atomic mass is 32.1. The van der Waals surface area contributed by atoms with Crippen LogP contribution in [0.1, 0.15) is 46.8 Å². The number of aliphatic carboxylic acids is 1. The van der Waals surface area contributed by atoms with E-state index in [4.69, 9.17) is 0 Å². The largest absolute Gasteiger partial charge is 0.480 e. The molecule has 2 heterocycles. The van der Waals surface area contributed by atoms with Crippen LogP contribution in [-0.2, 0) is 17.6 Å². The summed E-state index contributed by atoms with van der Waals surface area (Å²) >= 11 is 1.45. The van der Waals surface area contributed by atoms with Crippen molar-refractivity contribution in [2.24, 2.45) is 0 Å². The van der Waals surface area contributed by atoms with Gasteiger partial charge in [0.15, 0.2) is 0 Å². The molecule has 1 saturated heterocycles. The van der Waals surface area contributed by atoms with Gasteiger partial charge in [-0.3, -0.25) is 4.79 Å². The van der Waals surface area contributed by atoms with Crippen LogP contribution in [0.5, 0.6) is 0 Å². The second-order valence-corrected chi connectivity index (χ2v) is 6.50. The number of aliphatic hydroxyl groups is 1. The summed E-state index contributed by atoms with van der Waals surface area (Å²) in [5.74, 6) is -1.33. The van der Waals surface area contributed by atoms with Crippen molar-refractivity contribution >= 4 is 23.2 Å². The van der Waals surface area contributed by atoms with E-state index in [2.05, 4.69) is 13.8 Å². The first-order valence-corrected chi connectivity index (χ1v) is 8.12. The number of carboxylic acid groups (broad SMARTS) is 1. The number of nitrogens with zero attached hydrogens (tertiary/aromatic N) is 1. The molecule has 21 heavy (non-hydrogen) atoms. The van der Waals surface area contributed by atoms with Gasteiger partial charge in [-0.05, 0) is 24.5 Å². The molecule has 6 heteroatoms. The third-order valence-corrected chi connectivity index (χ3v) is 5.02. The Labute approximate surface area is 128 Å². The van der Waals surface area contributed by atoms with Gasteiger partial charge < -0.3 is 15.1 Å². The number of hydrogen-bond donors (Lipinski definition) is 2. The average Bonchev–Trinajstić information content (AvgIpc) is 3.02. The number of amides is 1. The van der Waals surface area contributed by atoms with Crippen LogP contribution in [0.3, 0.4) is 0 Å². The Hall–Kier alpha value is -1.40. The van der Waals surface area contributed by atoms with E-state index in [1.54, 1.807) is 0 Å². The van der Waals surface area contributed by atoms with Gasteiger partial charge in [0.1, 0.15) is 6.04 Å². The van der Waals surface area contributed by atoms with E-state index in [0.717, 1.165) is 24.8 Å². The highest BCUT2D eigenvalue weighted by molar-refractivity contribution is 7.14. The number of aryl methyl sites for hydroxylation is 2. The number of likely N-dealkylation sites (tertiary alicyclic amines) is 1. The predicted molar refractivity (Wildman–Crippen MR) is 80.8 cm³/mol. The zero-order valence-electron chi connectivity index (χ0n) is 12.3. The molecule has 2 rings (SSSR count). The second kappa shape index (κ2) is 6.58. The first-order chi connectivity index (χ1) is 9.97. The Bertz CT molecular complexity index is 540. The third kappa shape index (κ3) is 3.27. The lowest BCUT2D eigenvalue weighted by molar-refractivity contribution is -0.141. The summed E-state index contributed by atoms with van der Waals surface area (Å²) in [6.45, 7) is 4.24. The molecule has 5 nitrogen and oxygen atoms in total. The molecule has 1 aliphatic heterocycles. The van der Waals surface area contributed by atoms with Crippen LogP contribution in [0.25, 0.3) is 0 Å². The summed E-state index contributed by atoms with van der Waals surface area (Å²) in [4.78, 5) is 26.8. The number of carbonyl (C=O) groups is 2. The van der Waals surface area contributed by atoms with Gasteiger partial charge in [-0.25, -0.2) is 4.79 Å². The molecule has 1 aromatic heterocycles. The number of carbonyl (C=O) groups excluding carboxylic acids is 1. The first kappa shape index (κ1) is 16.0. The molecule has 1 aromatic rings. The van der Waals surface area contributed by atoms with E-state index in [0.29, 0.717) is 4.88 Å². The maximum atomic E-state index is 12.6. The van der Waals surface area contributed by atoms with Gasteiger partial charge in [-0.2, -0.15) is 0 Å². The molecule has 116 valence electrons. The lowest BCUT2D eigenvalue weighted by Crippen LogP contribution is -2.40. The van der Waals surface area contributed by atoms with Crippen molar-refractivity contribution < 1.29 is 19.8 Å². The van der Waals surface area contributed by atoms with E-state index < -0.39 is 18.1 Å². The standard InChI is InChI=1S/C15H21NO4S/c1-3-5-12-9(4-2)6-13(21-12)14(18)16-8-10(17)7-11(16)15(19)20/h6,10-11,17H,3-5,7-8H2,1-2H3,(H,19,20). The molecule has 2 atom stereocenters. The van der Waals surface area contributed by atoms with Gasteiger partial charge in [0.2, 0.25) is 0 Å². The van der Waals surface area contributed by atoms with Crippen molar-refractivity contribution in [3.8, 4) is 0 Å². The normalized spacial score (nSPS) is 21.8. The van der Waals surface area contributed by atoms with Crippen LogP contribution >= 0.6 is 11.3 Å². The van der Waals surface area contributed by atoms with Crippen molar-refractivity contribution in [1.29, 1.82) is 0 Å². The van der Waals surface area contributed by atoms with Crippen LogP contribution in [0, 0.1) is 0 Å². The second-order valence-electron chi connectivity index (χ2n) is 5.36. The highest BCUT2D eigenvalue weighted by Crippen LogP contribution is 2.28. The Morgan fingerprint density at radius 3 is 2.71 bits per heavy atom. The number of carboxylic acids is 1. The van der Waals surface area contributed by atoms with Crippen molar-refractivity contribution in [1.82, 2.24) is 4.90 Å². The Morgan fingerprint density at radius 2 is 2.14 bits per heavy atom. The predicted octanol–water partition coefficient (Wildman–Crippen LogP) is 1.92. The van der Waals surface area contributed by atoms with Gasteiger partial charge in [0.05, 0.1) is 11.0 Å². The maximum Gasteiger partial charge on any atom is 0.326 e. The molecule has 1 amide bonds.